The Morgan fingerprint density at radius 3 is 1.62 bits per heavy atom. The van der Waals surface area contributed by atoms with E-state index < -0.39 is 58.7 Å². The van der Waals surface area contributed by atoms with Gasteiger partial charge in [0.2, 0.25) is 0 Å². The van der Waals surface area contributed by atoms with Crippen molar-refractivity contribution in [3.63, 3.8) is 0 Å². The molecule has 2 rings (SSSR count). The predicted molar refractivity (Wildman–Crippen MR) is 82.7 cm³/mol. The van der Waals surface area contributed by atoms with Crippen LogP contribution < -0.4 is 5.32 Å². The molecule has 1 heterocycles. The van der Waals surface area contributed by atoms with Crippen LogP contribution in [0.1, 0.15) is 5.56 Å². The number of carbonyl (C=O) groups is 1. The summed E-state index contributed by atoms with van der Waals surface area (Å²) in [6, 6.07) is -19.5. The van der Waals surface area contributed by atoms with Crippen molar-refractivity contribution in [3.05, 3.63) is 36.4 Å². The van der Waals surface area contributed by atoms with Gasteiger partial charge in [0.05, 0.1) is 0 Å². The molecule has 1 aliphatic heterocycles. The zero-order valence-corrected chi connectivity index (χ0v) is 15.6. The minimum Gasteiger partial charge on any atom is -0.323 e. The van der Waals surface area contributed by atoms with E-state index in [0.29, 0.717) is 12.1 Å². The van der Waals surface area contributed by atoms with Crippen LogP contribution in [0.3, 0.4) is 0 Å². The summed E-state index contributed by atoms with van der Waals surface area (Å²) in [6.07, 6.45) is -20.3. The highest BCUT2D eigenvalue weighted by atomic mass is 19.4. The lowest BCUT2D eigenvalue weighted by atomic mass is 9.98. The van der Waals surface area contributed by atoms with Gasteiger partial charge in [-0.2, -0.15) is 57.1 Å². The van der Waals surface area contributed by atoms with Gasteiger partial charge in [-0.05, 0) is 17.7 Å². The molecule has 0 aliphatic carbocycles. The van der Waals surface area contributed by atoms with Gasteiger partial charge < -0.3 is 5.32 Å². The summed E-state index contributed by atoms with van der Waals surface area (Å²) in [7, 11) is 0. The van der Waals surface area contributed by atoms with Crippen LogP contribution in [0.4, 0.5) is 67.2 Å². The van der Waals surface area contributed by atoms with Gasteiger partial charge >= 0.3 is 42.2 Å². The molecular formula is C16H8F14N2O2. The Morgan fingerprint density at radius 1 is 0.853 bits per heavy atom. The van der Waals surface area contributed by atoms with Gasteiger partial charge in [-0.25, -0.2) is 9.13 Å². The average Bonchev–Trinajstić information content (AvgIpc) is 2.64. The molecule has 18 heteroatoms. The van der Waals surface area contributed by atoms with E-state index >= 15 is 0 Å². The van der Waals surface area contributed by atoms with Gasteiger partial charge in [0, 0.05) is 5.69 Å². The molecule has 0 bridgehead atoms. The summed E-state index contributed by atoms with van der Waals surface area (Å²) in [5, 5.41) is 0.811. The monoisotopic (exact) mass is 526 g/mol. The molecule has 1 unspecified atom stereocenters. The Bertz CT molecular complexity index is 933. The lowest BCUT2D eigenvalue weighted by Gasteiger charge is -2.51. The first-order chi connectivity index (χ1) is 15.0. The molecule has 1 fully saturated rings. The van der Waals surface area contributed by atoms with Gasteiger partial charge in [0.15, 0.2) is 0 Å². The molecule has 192 valence electrons. The number of hydrogen-bond acceptors (Lipinski definition) is 3. The second-order valence-electron chi connectivity index (χ2n) is 6.53. The number of halogens is 14. The first-order valence-electron chi connectivity index (χ1n) is 8.20. The number of amides is 1. The highest BCUT2D eigenvalue weighted by molar-refractivity contribution is 5.99. The molecule has 0 aromatic heterocycles. The van der Waals surface area contributed by atoms with Crippen LogP contribution in [0.15, 0.2) is 30.8 Å². The normalized spacial score (nSPS) is 23.6. The fourth-order valence-electron chi connectivity index (χ4n) is 2.58. The highest BCUT2D eigenvalue weighted by Crippen LogP contribution is 2.62. The molecule has 4 nitrogen and oxygen atoms in total. The molecule has 1 aromatic rings. The first kappa shape index (κ1) is 27.6. The number of alkyl halides is 14. The summed E-state index contributed by atoms with van der Waals surface area (Å²) < 4.78 is 193. The molecule has 0 spiro atoms. The number of ether oxygens (including phenoxy) is 1. The number of carbonyl (C=O) groups excluding carboxylic acids is 1. The number of morpholine rings is 1. The summed E-state index contributed by atoms with van der Waals surface area (Å²) in [5.41, 5.74) is -7.97. The molecule has 1 aliphatic rings. The van der Waals surface area contributed by atoms with E-state index in [0.717, 1.165) is 23.5 Å². The molecule has 0 saturated carbocycles. The van der Waals surface area contributed by atoms with E-state index in [1.54, 1.807) is 0 Å². The van der Waals surface area contributed by atoms with Gasteiger partial charge in [0.1, 0.15) is 0 Å². The predicted octanol–water partition coefficient (Wildman–Crippen LogP) is 5.83. The lowest BCUT2D eigenvalue weighted by Crippen LogP contribution is -2.82. The van der Waals surface area contributed by atoms with E-state index in [2.05, 4.69) is 6.58 Å². The molecule has 1 atom stereocenters. The largest absolute Gasteiger partial charge is 0.439 e. The van der Waals surface area contributed by atoms with Crippen molar-refractivity contribution < 1.29 is 71.0 Å². The minimum absolute atomic E-state index is 0.197. The molecule has 34 heavy (non-hydrogen) atoms. The summed E-state index contributed by atoms with van der Waals surface area (Å²) in [5.74, 6) is -3.68. The van der Waals surface area contributed by atoms with Gasteiger partial charge in [0.25, 0.3) is 5.91 Å². The van der Waals surface area contributed by atoms with Crippen molar-refractivity contribution in [2.75, 3.05) is 5.32 Å². The van der Waals surface area contributed by atoms with Crippen molar-refractivity contribution in [1.82, 2.24) is 4.90 Å². The van der Waals surface area contributed by atoms with Crippen LogP contribution in [0.5, 0.6) is 0 Å². The zero-order chi connectivity index (χ0) is 26.8. The van der Waals surface area contributed by atoms with E-state index in [4.69, 9.17) is 0 Å². The second kappa shape index (κ2) is 7.69. The molecule has 1 amide bonds. The Labute approximate surface area is 178 Å². The number of hydrogen-bond donors (Lipinski definition) is 1. The minimum atomic E-state index is -7.79. The van der Waals surface area contributed by atoms with Gasteiger partial charge in [-0.15, -0.1) is 4.90 Å². The van der Waals surface area contributed by atoms with Crippen molar-refractivity contribution in [2.45, 2.75) is 42.2 Å². The Hall–Kier alpha value is -2.63. The van der Waals surface area contributed by atoms with Crippen LogP contribution in [0.25, 0.3) is 6.08 Å². The molecular weight excluding hydrogens is 518 g/mol. The van der Waals surface area contributed by atoms with Crippen LogP contribution in [-0.2, 0) is 9.53 Å². The third-order valence-electron chi connectivity index (χ3n) is 4.32. The zero-order valence-electron chi connectivity index (χ0n) is 15.6. The number of anilines is 1. The van der Waals surface area contributed by atoms with E-state index in [1.165, 1.54) is 0 Å². The average molecular weight is 526 g/mol. The van der Waals surface area contributed by atoms with Gasteiger partial charge in [-0.1, -0.05) is 24.8 Å². The maximum atomic E-state index is 14.7. The quantitative estimate of drug-likeness (QED) is 0.388. The third kappa shape index (κ3) is 3.75. The highest BCUT2D eigenvalue weighted by Gasteiger charge is 2.92. The Morgan fingerprint density at radius 2 is 1.26 bits per heavy atom. The molecule has 0 radical (unpaired) electrons. The van der Waals surface area contributed by atoms with Crippen molar-refractivity contribution >= 4 is 17.7 Å². The van der Waals surface area contributed by atoms with E-state index in [9.17, 15) is 66.3 Å². The number of nitrogens with one attached hydrogen (secondary N) is 1. The standard InChI is InChI=1S/C16H8F14N2O2/c1-2-7-3-5-8(6-4-7)31-9(33)10(17,11(18,19)20)12(21,22)32-13(23,24)15(27,28)34-16(29,30)14(32,25)26/h2-6H,1H2,(H,31,33). The SMILES string of the molecule is C=Cc1ccc(NC(=O)C(F)(C(F)(F)F)C(F)(F)N2C(F)(F)C(F)(F)OC(F)(F)C2(F)F)cc1. The first-order valence-corrected chi connectivity index (χ1v) is 8.20. The summed E-state index contributed by atoms with van der Waals surface area (Å²) in [4.78, 5) is 7.82. The van der Waals surface area contributed by atoms with Crippen LogP contribution in [0, 0.1) is 0 Å². The number of rotatable bonds is 5. The lowest BCUT2D eigenvalue weighted by molar-refractivity contribution is -0.592. The van der Waals surface area contributed by atoms with Crippen LogP contribution in [-0.4, -0.2) is 53.0 Å². The maximum absolute atomic E-state index is 14.7. The van der Waals surface area contributed by atoms with Crippen LogP contribution >= 0.6 is 0 Å². The number of nitrogens with zero attached hydrogens (tertiary/aromatic N) is 1. The third-order valence-corrected chi connectivity index (χ3v) is 4.32. The van der Waals surface area contributed by atoms with Crippen molar-refractivity contribution in [1.29, 1.82) is 0 Å². The van der Waals surface area contributed by atoms with E-state index in [-0.39, 0.29) is 5.56 Å². The Kier molecular flexibility index (Phi) is 6.24. The van der Waals surface area contributed by atoms with E-state index in [1.807, 2.05) is 4.74 Å². The fourth-order valence-corrected chi connectivity index (χ4v) is 2.58. The van der Waals surface area contributed by atoms with Crippen molar-refractivity contribution in [3.8, 4) is 0 Å². The Balaban J connectivity index is 2.72. The molecule has 1 aromatic carbocycles. The summed E-state index contributed by atoms with van der Waals surface area (Å²) in [6.45, 7) is 3.25. The second-order valence-corrected chi connectivity index (χ2v) is 6.53. The number of benzene rings is 1. The smallest absolute Gasteiger partial charge is 0.323 e. The van der Waals surface area contributed by atoms with Crippen LogP contribution in [0.2, 0.25) is 0 Å². The molecule has 1 saturated heterocycles. The topological polar surface area (TPSA) is 41.6 Å². The van der Waals surface area contributed by atoms with Gasteiger partial charge in [-0.3, -0.25) is 4.79 Å². The maximum Gasteiger partial charge on any atom is 0.439 e. The molecule has 1 N–H and O–H groups in total. The fraction of sp³-hybridized carbons (Fsp3) is 0.438. The van der Waals surface area contributed by atoms with Crippen molar-refractivity contribution in [2.24, 2.45) is 0 Å². The summed E-state index contributed by atoms with van der Waals surface area (Å²) >= 11 is 0.